The van der Waals surface area contributed by atoms with Crippen LogP contribution in [0.25, 0.3) is 11.3 Å². The minimum atomic E-state index is 0.763. The van der Waals surface area contributed by atoms with Crippen molar-refractivity contribution in [2.75, 3.05) is 6.26 Å². The molecule has 2 aromatic rings. The monoisotopic (exact) mass is 204 g/mol. The second kappa shape index (κ2) is 4.15. The molecule has 0 fully saturated rings. The van der Waals surface area contributed by atoms with Crippen LogP contribution in [-0.2, 0) is 0 Å². The molecule has 0 saturated heterocycles. The molecule has 0 saturated carbocycles. The fourth-order valence-corrected chi connectivity index (χ4v) is 1.40. The Balaban J connectivity index is 2.42. The van der Waals surface area contributed by atoms with Gasteiger partial charge in [-0.3, -0.25) is 0 Å². The van der Waals surface area contributed by atoms with Crippen molar-refractivity contribution in [2.45, 2.75) is 5.16 Å². The highest BCUT2D eigenvalue weighted by molar-refractivity contribution is 7.98. The van der Waals surface area contributed by atoms with Gasteiger partial charge in [0.15, 0.2) is 5.16 Å². The zero-order valence-electron chi connectivity index (χ0n) is 7.58. The van der Waals surface area contributed by atoms with Gasteiger partial charge in [0, 0.05) is 11.8 Å². The summed E-state index contributed by atoms with van der Waals surface area (Å²) in [6.07, 6.45) is 7.03. The van der Waals surface area contributed by atoms with E-state index in [1.54, 1.807) is 18.6 Å². The SMILES string of the molecule is CSc1nccc(-c2ccnnc2)n1. The van der Waals surface area contributed by atoms with Crippen LogP contribution < -0.4 is 0 Å². The molecule has 14 heavy (non-hydrogen) atoms. The van der Waals surface area contributed by atoms with E-state index in [1.807, 2.05) is 18.4 Å². The first kappa shape index (κ1) is 9.08. The number of hydrogen-bond donors (Lipinski definition) is 0. The van der Waals surface area contributed by atoms with Crippen LogP contribution in [0, 0.1) is 0 Å². The lowest BCUT2D eigenvalue weighted by Crippen LogP contribution is -1.89. The molecule has 0 bridgehead atoms. The second-order valence-corrected chi connectivity index (χ2v) is 3.33. The molecule has 0 atom stereocenters. The van der Waals surface area contributed by atoms with Gasteiger partial charge < -0.3 is 0 Å². The normalized spacial score (nSPS) is 10.1. The highest BCUT2D eigenvalue weighted by Gasteiger charge is 2.00. The van der Waals surface area contributed by atoms with E-state index in [0.29, 0.717) is 0 Å². The maximum Gasteiger partial charge on any atom is 0.187 e. The molecule has 0 amide bonds. The lowest BCUT2D eigenvalue weighted by molar-refractivity contribution is 0.969. The van der Waals surface area contributed by atoms with E-state index in [1.165, 1.54) is 11.8 Å². The molecule has 0 N–H and O–H groups in total. The van der Waals surface area contributed by atoms with Crippen LogP contribution in [0.5, 0.6) is 0 Å². The molecule has 0 aliphatic rings. The van der Waals surface area contributed by atoms with Gasteiger partial charge in [-0.2, -0.15) is 10.2 Å². The van der Waals surface area contributed by atoms with Crippen molar-refractivity contribution in [1.29, 1.82) is 0 Å². The Morgan fingerprint density at radius 2 is 2.07 bits per heavy atom. The standard InChI is InChI=1S/C9H8N4S/c1-14-9-10-4-3-8(13-9)7-2-5-11-12-6-7/h2-6H,1H3. The molecule has 2 aromatic heterocycles. The fraction of sp³-hybridized carbons (Fsp3) is 0.111. The molecule has 5 heteroatoms. The van der Waals surface area contributed by atoms with E-state index in [2.05, 4.69) is 20.2 Å². The molecule has 2 rings (SSSR count). The van der Waals surface area contributed by atoms with Gasteiger partial charge >= 0.3 is 0 Å². The molecule has 0 aliphatic heterocycles. The van der Waals surface area contributed by atoms with Gasteiger partial charge in [-0.25, -0.2) is 9.97 Å². The van der Waals surface area contributed by atoms with Crippen LogP contribution in [0.4, 0.5) is 0 Å². The number of thioether (sulfide) groups is 1. The van der Waals surface area contributed by atoms with E-state index >= 15 is 0 Å². The van der Waals surface area contributed by atoms with Crippen molar-refractivity contribution < 1.29 is 0 Å². The van der Waals surface area contributed by atoms with Crippen molar-refractivity contribution >= 4 is 11.8 Å². The summed E-state index contributed by atoms with van der Waals surface area (Å²) in [6.45, 7) is 0. The maximum atomic E-state index is 4.35. The van der Waals surface area contributed by atoms with Gasteiger partial charge in [0.25, 0.3) is 0 Å². The van der Waals surface area contributed by atoms with Gasteiger partial charge in [0.05, 0.1) is 18.1 Å². The summed E-state index contributed by atoms with van der Waals surface area (Å²) in [7, 11) is 0. The van der Waals surface area contributed by atoms with E-state index in [0.717, 1.165) is 16.4 Å². The third-order valence-corrected chi connectivity index (χ3v) is 2.26. The van der Waals surface area contributed by atoms with Crippen molar-refractivity contribution in [1.82, 2.24) is 20.2 Å². The summed E-state index contributed by atoms with van der Waals surface area (Å²) in [6, 6.07) is 3.73. The quantitative estimate of drug-likeness (QED) is 0.550. The van der Waals surface area contributed by atoms with Crippen molar-refractivity contribution in [2.24, 2.45) is 0 Å². The number of nitrogens with zero attached hydrogens (tertiary/aromatic N) is 4. The minimum Gasteiger partial charge on any atom is -0.231 e. The van der Waals surface area contributed by atoms with Crippen LogP contribution in [0.2, 0.25) is 0 Å². The summed E-state index contributed by atoms with van der Waals surface area (Å²) >= 11 is 1.52. The summed E-state index contributed by atoms with van der Waals surface area (Å²) in [5.41, 5.74) is 1.83. The maximum absolute atomic E-state index is 4.35. The molecule has 0 aliphatic carbocycles. The summed E-state index contributed by atoms with van der Waals surface area (Å²) in [5, 5.41) is 8.28. The average Bonchev–Trinajstić information content (AvgIpc) is 2.30. The first-order valence-corrected chi connectivity index (χ1v) is 5.27. The topological polar surface area (TPSA) is 51.6 Å². The van der Waals surface area contributed by atoms with Crippen LogP contribution in [-0.4, -0.2) is 26.4 Å². The number of aromatic nitrogens is 4. The Bertz CT molecular complexity index is 418. The number of rotatable bonds is 2. The molecule has 70 valence electrons. The summed E-state index contributed by atoms with van der Waals surface area (Å²) in [5.74, 6) is 0. The molecule has 0 spiro atoms. The first-order valence-electron chi connectivity index (χ1n) is 4.04. The summed E-state index contributed by atoms with van der Waals surface area (Å²) < 4.78 is 0. The molecular weight excluding hydrogens is 196 g/mol. The third-order valence-electron chi connectivity index (χ3n) is 1.70. The molecule has 0 aromatic carbocycles. The Hall–Kier alpha value is -1.49. The van der Waals surface area contributed by atoms with Crippen molar-refractivity contribution in [3.8, 4) is 11.3 Å². The molecular formula is C9H8N4S. The van der Waals surface area contributed by atoms with Crippen molar-refractivity contribution in [3.63, 3.8) is 0 Å². The van der Waals surface area contributed by atoms with Gasteiger partial charge in [-0.05, 0) is 18.4 Å². The van der Waals surface area contributed by atoms with Gasteiger partial charge in [0.1, 0.15) is 0 Å². The van der Waals surface area contributed by atoms with Crippen LogP contribution in [0.15, 0.2) is 35.9 Å². The number of hydrogen-bond acceptors (Lipinski definition) is 5. The minimum absolute atomic E-state index is 0.763. The zero-order valence-corrected chi connectivity index (χ0v) is 8.40. The highest BCUT2D eigenvalue weighted by Crippen LogP contribution is 2.16. The Morgan fingerprint density at radius 3 is 2.79 bits per heavy atom. The molecule has 2 heterocycles. The Kier molecular flexibility index (Phi) is 2.69. The average molecular weight is 204 g/mol. The highest BCUT2D eigenvalue weighted by atomic mass is 32.2. The van der Waals surface area contributed by atoms with Crippen LogP contribution >= 0.6 is 11.8 Å². The van der Waals surface area contributed by atoms with Gasteiger partial charge in [-0.1, -0.05) is 11.8 Å². The Morgan fingerprint density at radius 1 is 1.14 bits per heavy atom. The molecule has 0 unspecified atom stereocenters. The smallest absolute Gasteiger partial charge is 0.187 e. The van der Waals surface area contributed by atoms with Crippen LogP contribution in [0.1, 0.15) is 0 Å². The second-order valence-electron chi connectivity index (χ2n) is 2.56. The fourth-order valence-electron chi connectivity index (χ4n) is 1.04. The van der Waals surface area contributed by atoms with E-state index < -0.39 is 0 Å². The lowest BCUT2D eigenvalue weighted by Gasteiger charge is -1.99. The predicted octanol–water partition coefficient (Wildman–Crippen LogP) is 1.66. The largest absolute Gasteiger partial charge is 0.231 e. The predicted molar refractivity (Wildman–Crippen MR) is 54.8 cm³/mol. The van der Waals surface area contributed by atoms with E-state index in [9.17, 15) is 0 Å². The van der Waals surface area contributed by atoms with E-state index in [-0.39, 0.29) is 0 Å². The van der Waals surface area contributed by atoms with E-state index in [4.69, 9.17) is 0 Å². The van der Waals surface area contributed by atoms with Crippen LogP contribution in [0.3, 0.4) is 0 Å². The molecule has 0 radical (unpaired) electrons. The molecule has 4 nitrogen and oxygen atoms in total. The van der Waals surface area contributed by atoms with Gasteiger partial charge in [0.2, 0.25) is 0 Å². The zero-order chi connectivity index (χ0) is 9.80. The van der Waals surface area contributed by atoms with Gasteiger partial charge in [-0.15, -0.1) is 0 Å². The summed E-state index contributed by atoms with van der Waals surface area (Å²) in [4.78, 5) is 8.44. The Labute approximate surface area is 85.8 Å². The third kappa shape index (κ3) is 1.88. The lowest BCUT2D eigenvalue weighted by atomic mass is 10.2. The first-order chi connectivity index (χ1) is 6.90. The van der Waals surface area contributed by atoms with Crippen molar-refractivity contribution in [3.05, 3.63) is 30.7 Å².